The Bertz CT molecular complexity index is 506. The van der Waals surface area contributed by atoms with E-state index in [9.17, 15) is 0 Å². The van der Waals surface area contributed by atoms with Crippen molar-refractivity contribution < 1.29 is 0 Å². The van der Waals surface area contributed by atoms with Gasteiger partial charge in [0.2, 0.25) is 0 Å². The largest absolute Gasteiger partial charge is 0.309 e. The molecule has 2 heterocycles. The molecule has 1 N–H and O–H groups in total. The predicted molar refractivity (Wildman–Crippen MR) is 74.8 cm³/mol. The normalized spacial score (nSPS) is 12.6. The Morgan fingerprint density at radius 1 is 1.37 bits per heavy atom. The number of hydrogen-bond acceptors (Lipinski definition) is 4. The van der Waals surface area contributed by atoms with Crippen LogP contribution in [0.4, 0.5) is 0 Å². The van der Waals surface area contributed by atoms with Crippen molar-refractivity contribution in [2.45, 2.75) is 39.8 Å². The van der Waals surface area contributed by atoms with Crippen LogP contribution in [0.2, 0.25) is 0 Å². The van der Waals surface area contributed by atoms with Crippen molar-refractivity contribution in [1.82, 2.24) is 25.1 Å². The van der Waals surface area contributed by atoms with Gasteiger partial charge in [-0.25, -0.2) is 9.97 Å². The van der Waals surface area contributed by atoms with Crippen LogP contribution in [0, 0.1) is 6.92 Å². The van der Waals surface area contributed by atoms with E-state index in [0.717, 1.165) is 30.9 Å². The minimum Gasteiger partial charge on any atom is -0.309 e. The van der Waals surface area contributed by atoms with E-state index in [-0.39, 0.29) is 6.04 Å². The number of likely N-dealkylation sites (N-methyl/N-ethyl adjacent to an activating group) is 1. The van der Waals surface area contributed by atoms with E-state index in [1.165, 1.54) is 5.69 Å². The summed E-state index contributed by atoms with van der Waals surface area (Å²) in [4.78, 5) is 8.33. The molecule has 2 aromatic rings. The molecule has 0 radical (unpaired) electrons. The van der Waals surface area contributed by atoms with Crippen LogP contribution in [-0.4, -0.2) is 26.3 Å². The molecule has 1 atom stereocenters. The highest BCUT2D eigenvalue weighted by Crippen LogP contribution is 2.17. The zero-order chi connectivity index (χ0) is 13.7. The molecule has 0 fully saturated rings. The lowest BCUT2D eigenvalue weighted by molar-refractivity contribution is 0.506. The van der Waals surface area contributed by atoms with E-state index in [2.05, 4.69) is 45.0 Å². The molecule has 0 aliphatic carbocycles. The third-order valence-electron chi connectivity index (χ3n) is 3.11. The van der Waals surface area contributed by atoms with Gasteiger partial charge in [0.25, 0.3) is 0 Å². The third kappa shape index (κ3) is 3.38. The minimum atomic E-state index is 0.203. The second-order valence-corrected chi connectivity index (χ2v) is 4.54. The topological polar surface area (TPSA) is 55.6 Å². The molecule has 0 aliphatic heterocycles. The van der Waals surface area contributed by atoms with Gasteiger partial charge < -0.3 is 5.32 Å². The Morgan fingerprint density at radius 3 is 2.84 bits per heavy atom. The van der Waals surface area contributed by atoms with Crippen LogP contribution in [0.3, 0.4) is 0 Å². The Kier molecular flexibility index (Phi) is 4.63. The summed E-state index contributed by atoms with van der Waals surface area (Å²) in [6.45, 7) is 8.06. The van der Waals surface area contributed by atoms with E-state index in [1.807, 2.05) is 13.0 Å². The summed E-state index contributed by atoms with van der Waals surface area (Å²) in [5, 5.41) is 7.97. The monoisotopic (exact) mass is 259 g/mol. The molecule has 5 nitrogen and oxygen atoms in total. The first-order valence-corrected chi connectivity index (χ1v) is 6.77. The van der Waals surface area contributed by atoms with Crippen molar-refractivity contribution in [2.24, 2.45) is 0 Å². The lowest BCUT2D eigenvalue weighted by atomic mass is 10.1. The standard InChI is InChI=1S/C14H21N5/c1-4-16-14(13-6-7-15-10-17-13)9-12-8-11(3)18-19(12)5-2/h6-8,10,14,16H,4-5,9H2,1-3H3. The molecular formula is C14H21N5. The van der Waals surface area contributed by atoms with Gasteiger partial charge in [-0.05, 0) is 32.5 Å². The second-order valence-electron chi connectivity index (χ2n) is 4.54. The number of aryl methyl sites for hydroxylation is 2. The van der Waals surface area contributed by atoms with Gasteiger partial charge in [0, 0.05) is 24.9 Å². The van der Waals surface area contributed by atoms with Gasteiger partial charge in [-0.2, -0.15) is 5.10 Å². The quantitative estimate of drug-likeness (QED) is 0.860. The summed E-state index contributed by atoms with van der Waals surface area (Å²) in [6, 6.07) is 4.32. The van der Waals surface area contributed by atoms with Crippen LogP contribution in [0.25, 0.3) is 0 Å². The van der Waals surface area contributed by atoms with Gasteiger partial charge in [0.1, 0.15) is 6.33 Å². The van der Waals surface area contributed by atoms with Crippen LogP contribution in [0.15, 0.2) is 24.7 Å². The molecule has 0 spiro atoms. The zero-order valence-electron chi connectivity index (χ0n) is 11.8. The maximum Gasteiger partial charge on any atom is 0.115 e. The molecule has 0 aromatic carbocycles. The molecule has 5 heteroatoms. The number of nitrogens with zero attached hydrogens (tertiary/aromatic N) is 4. The van der Waals surface area contributed by atoms with Gasteiger partial charge in [0.15, 0.2) is 0 Å². The van der Waals surface area contributed by atoms with Crippen LogP contribution in [0.1, 0.15) is 37.0 Å². The van der Waals surface area contributed by atoms with Crippen LogP contribution in [-0.2, 0) is 13.0 Å². The highest BCUT2D eigenvalue weighted by Gasteiger charge is 2.15. The van der Waals surface area contributed by atoms with Gasteiger partial charge in [0.05, 0.1) is 17.4 Å². The third-order valence-corrected chi connectivity index (χ3v) is 3.11. The number of nitrogens with one attached hydrogen (secondary N) is 1. The van der Waals surface area contributed by atoms with E-state index in [0.29, 0.717) is 0 Å². The van der Waals surface area contributed by atoms with Gasteiger partial charge in [-0.3, -0.25) is 4.68 Å². The first-order valence-electron chi connectivity index (χ1n) is 6.77. The first kappa shape index (κ1) is 13.7. The molecular weight excluding hydrogens is 238 g/mol. The molecule has 2 aromatic heterocycles. The fraction of sp³-hybridized carbons (Fsp3) is 0.500. The van der Waals surface area contributed by atoms with E-state index >= 15 is 0 Å². The summed E-state index contributed by atoms with van der Waals surface area (Å²) in [5.74, 6) is 0. The Balaban J connectivity index is 2.21. The number of rotatable bonds is 6. The number of aromatic nitrogens is 4. The molecule has 0 bridgehead atoms. The van der Waals surface area contributed by atoms with E-state index in [1.54, 1.807) is 12.5 Å². The maximum atomic E-state index is 4.49. The van der Waals surface area contributed by atoms with Crippen LogP contribution >= 0.6 is 0 Å². The smallest absolute Gasteiger partial charge is 0.115 e. The van der Waals surface area contributed by atoms with E-state index < -0.39 is 0 Å². The first-order chi connectivity index (χ1) is 9.24. The van der Waals surface area contributed by atoms with Gasteiger partial charge in [-0.15, -0.1) is 0 Å². The van der Waals surface area contributed by atoms with Crippen LogP contribution < -0.4 is 5.32 Å². The molecule has 1 unspecified atom stereocenters. The molecule has 0 saturated carbocycles. The maximum absolute atomic E-state index is 4.49. The molecule has 0 amide bonds. The van der Waals surface area contributed by atoms with Gasteiger partial charge >= 0.3 is 0 Å². The fourth-order valence-electron chi connectivity index (χ4n) is 2.28. The Morgan fingerprint density at radius 2 is 2.21 bits per heavy atom. The lowest BCUT2D eigenvalue weighted by Gasteiger charge is -2.17. The zero-order valence-corrected chi connectivity index (χ0v) is 11.8. The Labute approximate surface area is 114 Å². The van der Waals surface area contributed by atoms with Crippen molar-refractivity contribution in [3.8, 4) is 0 Å². The average molecular weight is 259 g/mol. The van der Waals surface area contributed by atoms with Crippen molar-refractivity contribution in [2.75, 3.05) is 6.54 Å². The summed E-state index contributed by atoms with van der Waals surface area (Å²) in [7, 11) is 0. The highest BCUT2D eigenvalue weighted by molar-refractivity contribution is 5.14. The SMILES string of the molecule is CCNC(Cc1cc(C)nn1CC)c1ccncn1. The van der Waals surface area contributed by atoms with Crippen LogP contribution in [0.5, 0.6) is 0 Å². The van der Waals surface area contributed by atoms with Crippen molar-refractivity contribution >= 4 is 0 Å². The van der Waals surface area contributed by atoms with E-state index in [4.69, 9.17) is 0 Å². The average Bonchev–Trinajstić information content (AvgIpc) is 2.79. The van der Waals surface area contributed by atoms with Gasteiger partial charge in [-0.1, -0.05) is 6.92 Å². The van der Waals surface area contributed by atoms with Crippen molar-refractivity contribution in [3.05, 3.63) is 41.7 Å². The summed E-state index contributed by atoms with van der Waals surface area (Å²) in [6.07, 6.45) is 4.27. The summed E-state index contributed by atoms with van der Waals surface area (Å²) < 4.78 is 2.06. The molecule has 0 aliphatic rings. The molecule has 0 saturated heterocycles. The summed E-state index contributed by atoms with van der Waals surface area (Å²) >= 11 is 0. The van der Waals surface area contributed by atoms with Crippen molar-refractivity contribution in [3.63, 3.8) is 0 Å². The predicted octanol–water partition coefficient (Wildman–Crippen LogP) is 1.89. The highest BCUT2D eigenvalue weighted by atomic mass is 15.3. The number of hydrogen-bond donors (Lipinski definition) is 1. The molecule has 2 rings (SSSR count). The minimum absolute atomic E-state index is 0.203. The molecule has 19 heavy (non-hydrogen) atoms. The fourth-order valence-corrected chi connectivity index (χ4v) is 2.28. The Hall–Kier alpha value is -1.75. The molecule has 102 valence electrons. The second kappa shape index (κ2) is 6.43. The lowest BCUT2D eigenvalue weighted by Crippen LogP contribution is -2.25. The summed E-state index contributed by atoms with van der Waals surface area (Å²) in [5.41, 5.74) is 3.33. The van der Waals surface area contributed by atoms with Crippen molar-refractivity contribution in [1.29, 1.82) is 0 Å².